The number of anilines is 1. The molecule has 0 radical (unpaired) electrons. The molecule has 1 fully saturated rings. The van der Waals surface area contributed by atoms with Crippen LogP contribution in [0.25, 0.3) is 22.2 Å². The minimum atomic E-state index is -0.240. The molecule has 0 unspecified atom stereocenters. The number of nitrogens with zero attached hydrogens (tertiary/aromatic N) is 4. The molecule has 5 aromatic rings. The van der Waals surface area contributed by atoms with Crippen LogP contribution in [0.3, 0.4) is 0 Å². The third-order valence-corrected chi connectivity index (χ3v) is 7.73. The lowest BCUT2D eigenvalue weighted by atomic mass is 9.91. The number of imidazole rings is 1. The van der Waals surface area contributed by atoms with Gasteiger partial charge in [0.2, 0.25) is 0 Å². The molecule has 8 heteroatoms. The number of benzene rings is 2. The zero-order valence-electron chi connectivity index (χ0n) is 21.5. The molecule has 0 saturated heterocycles. The molecular formula is C31H30ClFN6. The monoisotopic (exact) mass is 540 g/mol. The summed E-state index contributed by atoms with van der Waals surface area (Å²) in [7, 11) is 0. The number of fused-ring (bicyclic) bond motifs is 1. The Hall–Kier alpha value is -3.81. The molecule has 2 N–H and O–H groups in total. The van der Waals surface area contributed by atoms with Gasteiger partial charge >= 0.3 is 0 Å². The molecule has 2 aromatic carbocycles. The Bertz CT molecular complexity index is 1560. The predicted octanol–water partition coefficient (Wildman–Crippen LogP) is 6.85. The standard InChI is InChI=1S/C31H30ClFN6/c32-28-18-36-31(38-26-9-7-25(8-10-26)35-17-22-4-2-12-34-16-22)15-27(28)23-6-11-29-30(14-23)39(20-37-29)19-21-3-1-5-24(33)13-21/h1-6,11-16,18,20,25-26,35H,7-10,17,19H2,(H,36,38). The molecule has 6 rings (SSSR count). The summed E-state index contributed by atoms with van der Waals surface area (Å²) in [4.78, 5) is 13.3. The first-order valence-electron chi connectivity index (χ1n) is 13.3. The van der Waals surface area contributed by atoms with Gasteiger partial charge in [-0.05, 0) is 78.8 Å². The van der Waals surface area contributed by atoms with E-state index in [4.69, 9.17) is 11.6 Å². The van der Waals surface area contributed by atoms with Crippen molar-refractivity contribution in [1.82, 2.24) is 24.8 Å². The van der Waals surface area contributed by atoms with Gasteiger partial charge in [-0.25, -0.2) is 14.4 Å². The molecule has 39 heavy (non-hydrogen) atoms. The lowest BCUT2D eigenvalue weighted by Crippen LogP contribution is -2.36. The van der Waals surface area contributed by atoms with Crippen LogP contribution >= 0.6 is 11.6 Å². The number of rotatable bonds is 8. The zero-order chi connectivity index (χ0) is 26.6. The van der Waals surface area contributed by atoms with Gasteiger partial charge in [-0.1, -0.05) is 35.9 Å². The Morgan fingerprint density at radius 1 is 0.897 bits per heavy atom. The Balaban J connectivity index is 1.13. The van der Waals surface area contributed by atoms with Crippen molar-refractivity contribution in [3.63, 3.8) is 0 Å². The first-order valence-corrected chi connectivity index (χ1v) is 13.7. The largest absolute Gasteiger partial charge is 0.367 e. The van der Waals surface area contributed by atoms with Crippen molar-refractivity contribution in [2.45, 2.75) is 50.9 Å². The smallest absolute Gasteiger partial charge is 0.126 e. The van der Waals surface area contributed by atoms with E-state index in [1.165, 1.54) is 11.6 Å². The summed E-state index contributed by atoms with van der Waals surface area (Å²) in [5.41, 5.74) is 5.86. The summed E-state index contributed by atoms with van der Waals surface area (Å²) in [6.07, 6.45) is 11.6. The first-order chi connectivity index (χ1) is 19.1. The second-order valence-electron chi connectivity index (χ2n) is 10.2. The Morgan fingerprint density at radius 3 is 2.56 bits per heavy atom. The van der Waals surface area contributed by atoms with Crippen molar-refractivity contribution >= 4 is 28.5 Å². The molecular weight excluding hydrogens is 511 g/mol. The summed E-state index contributed by atoms with van der Waals surface area (Å²) in [5, 5.41) is 7.90. The van der Waals surface area contributed by atoms with Gasteiger partial charge in [0.15, 0.2) is 0 Å². The Morgan fingerprint density at radius 2 is 1.74 bits per heavy atom. The van der Waals surface area contributed by atoms with Gasteiger partial charge in [0.05, 0.1) is 22.4 Å². The third-order valence-electron chi connectivity index (χ3n) is 7.43. The Kier molecular flexibility index (Phi) is 7.52. The Labute approximate surface area is 232 Å². The number of hydrogen-bond donors (Lipinski definition) is 2. The molecule has 6 nitrogen and oxygen atoms in total. The highest BCUT2D eigenvalue weighted by Gasteiger charge is 2.21. The van der Waals surface area contributed by atoms with Crippen molar-refractivity contribution in [2.75, 3.05) is 5.32 Å². The molecule has 1 aliphatic carbocycles. The fourth-order valence-corrected chi connectivity index (χ4v) is 5.55. The van der Waals surface area contributed by atoms with Gasteiger partial charge in [-0.15, -0.1) is 0 Å². The van der Waals surface area contributed by atoms with Gasteiger partial charge < -0.3 is 15.2 Å². The predicted molar refractivity (Wildman–Crippen MR) is 154 cm³/mol. The second-order valence-corrected chi connectivity index (χ2v) is 10.6. The van der Waals surface area contributed by atoms with Crippen molar-refractivity contribution in [2.24, 2.45) is 0 Å². The maximum Gasteiger partial charge on any atom is 0.126 e. The van der Waals surface area contributed by atoms with Gasteiger partial charge in [0.25, 0.3) is 0 Å². The summed E-state index contributed by atoms with van der Waals surface area (Å²) < 4.78 is 15.7. The van der Waals surface area contributed by atoms with Gasteiger partial charge in [0, 0.05) is 49.3 Å². The summed E-state index contributed by atoms with van der Waals surface area (Å²) in [6, 6.07) is 19.8. The molecule has 198 valence electrons. The summed E-state index contributed by atoms with van der Waals surface area (Å²) in [5.74, 6) is 0.588. The van der Waals surface area contributed by atoms with Crippen LogP contribution in [0, 0.1) is 5.82 Å². The maximum absolute atomic E-state index is 13.7. The van der Waals surface area contributed by atoms with Crippen LogP contribution in [0.15, 0.2) is 85.6 Å². The van der Waals surface area contributed by atoms with E-state index in [-0.39, 0.29) is 5.82 Å². The van der Waals surface area contributed by atoms with Crippen LogP contribution in [0.1, 0.15) is 36.8 Å². The van der Waals surface area contributed by atoms with Crippen LogP contribution in [0.2, 0.25) is 5.02 Å². The van der Waals surface area contributed by atoms with Gasteiger partial charge in [-0.2, -0.15) is 0 Å². The van der Waals surface area contributed by atoms with Crippen molar-refractivity contribution in [1.29, 1.82) is 0 Å². The van der Waals surface area contributed by atoms with Crippen molar-refractivity contribution < 1.29 is 4.39 Å². The van der Waals surface area contributed by atoms with E-state index >= 15 is 0 Å². The molecule has 1 saturated carbocycles. The number of halogens is 2. The van der Waals surface area contributed by atoms with Crippen LogP contribution in [0.4, 0.5) is 10.2 Å². The highest BCUT2D eigenvalue weighted by Crippen LogP contribution is 2.32. The topological polar surface area (TPSA) is 67.7 Å². The number of pyridine rings is 2. The average molecular weight is 541 g/mol. The quantitative estimate of drug-likeness (QED) is 0.225. The van der Waals surface area contributed by atoms with E-state index in [2.05, 4.69) is 37.7 Å². The van der Waals surface area contributed by atoms with Gasteiger partial charge in [0.1, 0.15) is 11.6 Å². The van der Waals surface area contributed by atoms with E-state index in [1.54, 1.807) is 30.9 Å². The van der Waals surface area contributed by atoms with Crippen LogP contribution in [-0.4, -0.2) is 31.6 Å². The summed E-state index contributed by atoms with van der Waals surface area (Å²) >= 11 is 6.62. The van der Waals surface area contributed by atoms with E-state index in [0.29, 0.717) is 23.7 Å². The fraction of sp³-hybridized carbons (Fsp3) is 0.258. The number of hydrogen-bond acceptors (Lipinski definition) is 5. The molecule has 0 bridgehead atoms. The average Bonchev–Trinajstić information content (AvgIpc) is 3.36. The third kappa shape index (κ3) is 6.10. The van der Waals surface area contributed by atoms with Crippen molar-refractivity contribution in [3.05, 3.63) is 108 Å². The van der Waals surface area contributed by atoms with Crippen LogP contribution in [-0.2, 0) is 13.1 Å². The second kappa shape index (κ2) is 11.5. The van der Waals surface area contributed by atoms with Crippen molar-refractivity contribution in [3.8, 4) is 11.1 Å². The van der Waals surface area contributed by atoms with Crippen LogP contribution in [0.5, 0.6) is 0 Å². The molecule has 0 aliphatic heterocycles. The maximum atomic E-state index is 13.7. The van der Waals surface area contributed by atoms with E-state index in [1.807, 2.05) is 41.1 Å². The lowest BCUT2D eigenvalue weighted by Gasteiger charge is -2.30. The number of aromatic nitrogens is 4. The highest BCUT2D eigenvalue weighted by atomic mass is 35.5. The highest BCUT2D eigenvalue weighted by molar-refractivity contribution is 6.33. The SMILES string of the molecule is Fc1cccc(Cn2cnc3ccc(-c4cc(NC5CCC(NCc6cccnc6)CC5)ncc4Cl)cc32)c1. The number of nitrogens with one attached hydrogen (secondary N) is 2. The molecule has 3 aromatic heterocycles. The lowest BCUT2D eigenvalue weighted by molar-refractivity contribution is 0.352. The molecule has 0 spiro atoms. The first kappa shape index (κ1) is 25.5. The zero-order valence-corrected chi connectivity index (χ0v) is 22.3. The van der Waals surface area contributed by atoms with Crippen LogP contribution < -0.4 is 10.6 Å². The van der Waals surface area contributed by atoms with Gasteiger partial charge in [-0.3, -0.25) is 4.98 Å². The van der Waals surface area contributed by atoms with E-state index < -0.39 is 0 Å². The fourth-order valence-electron chi connectivity index (χ4n) is 5.34. The van der Waals surface area contributed by atoms with E-state index in [9.17, 15) is 4.39 Å². The van der Waals surface area contributed by atoms with E-state index in [0.717, 1.165) is 65.8 Å². The minimum absolute atomic E-state index is 0.240. The minimum Gasteiger partial charge on any atom is -0.367 e. The normalized spacial score (nSPS) is 17.4. The molecule has 1 aliphatic rings. The molecule has 0 amide bonds. The molecule has 0 atom stereocenters. The molecule has 3 heterocycles. The summed E-state index contributed by atoms with van der Waals surface area (Å²) in [6.45, 7) is 1.39.